The highest BCUT2D eigenvalue weighted by molar-refractivity contribution is 6.01. The van der Waals surface area contributed by atoms with Gasteiger partial charge in [-0.2, -0.15) is 0 Å². The molecule has 1 amide bonds. The second kappa shape index (κ2) is 8.80. The third-order valence-electron chi connectivity index (χ3n) is 4.97. The van der Waals surface area contributed by atoms with Crippen LogP contribution >= 0.6 is 0 Å². The van der Waals surface area contributed by atoms with Gasteiger partial charge in [0.1, 0.15) is 18.5 Å². The van der Waals surface area contributed by atoms with Crippen LogP contribution in [0, 0.1) is 0 Å². The molecule has 1 heterocycles. The fourth-order valence-electron chi connectivity index (χ4n) is 3.49. The van der Waals surface area contributed by atoms with Crippen LogP contribution in [0.5, 0.6) is 5.75 Å². The first kappa shape index (κ1) is 19.0. The molecule has 0 bridgehead atoms. The Morgan fingerprint density at radius 2 is 1.62 bits per heavy atom. The van der Waals surface area contributed by atoms with E-state index < -0.39 is 0 Å². The molecule has 0 saturated heterocycles. The van der Waals surface area contributed by atoms with E-state index in [1.807, 2.05) is 83.8 Å². The van der Waals surface area contributed by atoms with E-state index in [0.717, 1.165) is 22.6 Å². The Labute approximate surface area is 170 Å². The van der Waals surface area contributed by atoms with E-state index in [2.05, 4.69) is 5.32 Å². The minimum atomic E-state index is -0.259. The van der Waals surface area contributed by atoms with Crippen molar-refractivity contribution < 1.29 is 14.3 Å². The molecule has 29 heavy (non-hydrogen) atoms. The lowest BCUT2D eigenvalue weighted by atomic mass is 10.0. The second-order valence-electron chi connectivity index (χ2n) is 6.92. The van der Waals surface area contributed by atoms with E-state index >= 15 is 0 Å². The standard InChI is InChI=1S/C24H24N2O3/c1-28-15-16-29-20-13-11-19(12-14-20)23-25-22-10-6-5-9-21(22)24(27)26(23)17-18-7-3-2-4-8-18/h2-14,23,25H,15-17H2,1H3. The summed E-state index contributed by atoms with van der Waals surface area (Å²) in [6.07, 6.45) is -0.259. The molecule has 0 fully saturated rings. The van der Waals surface area contributed by atoms with Gasteiger partial charge >= 0.3 is 0 Å². The molecule has 148 valence electrons. The Morgan fingerprint density at radius 1 is 0.897 bits per heavy atom. The van der Waals surface area contributed by atoms with Crippen LogP contribution in [-0.2, 0) is 11.3 Å². The van der Waals surface area contributed by atoms with Crippen LogP contribution in [0.15, 0.2) is 78.9 Å². The summed E-state index contributed by atoms with van der Waals surface area (Å²) in [5.41, 5.74) is 3.64. The highest BCUT2D eigenvalue weighted by atomic mass is 16.5. The topological polar surface area (TPSA) is 50.8 Å². The van der Waals surface area contributed by atoms with Gasteiger partial charge in [0.05, 0.1) is 12.2 Å². The summed E-state index contributed by atoms with van der Waals surface area (Å²) in [6, 6.07) is 25.5. The van der Waals surface area contributed by atoms with E-state index in [0.29, 0.717) is 25.3 Å². The number of hydrogen-bond acceptors (Lipinski definition) is 4. The number of anilines is 1. The van der Waals surface area contributed by atoms with Crippen molar-refractivity contribution in [3.63, 3.8) is 0 Å². The van der Waals surface area contributed by atoms with Crippen LogP contribution < -0.4 is 10.1 Å². The largest absolute Gasteiger partial charge is 0.491 e. The summed E-state index contributed by atoms with van der Waals surface area (Å²) in [4.78, 5) is 15.2. The first-order chi connectivity index (χ1) is 14.3. The van der Waals surface area contributed by atoms with Crippen LogP contribution in [0.4, 0.5) is 5.69 Å². The predicted molar refractivity (Wildman–Crippen MR) is 113 cm³/mol. The van der Waals surface area contributed by atoms with Crippen LogP contribution in [0.3, 0.4) is 0 Å². The molecule has 4 rings (SSSR count). The molecule has 1 aliphatic heterocycles. The first-order valence-corrected chi connectivity index (χ1v) is 9.68. The van der Waals surface area contributed by atoms with Gasteiger partial charge in [0, 0.05) is 19.3 Å². The van der Waals surface area contributed by atoms with Crippen molar-refractivity contribution in [3.8, 4) is 5.75 Å². The normalized spacial score (nSPS) is 15.6. The molecule has 1 N–H and O–H groups in total. The minimum absolute atomic E-state index is 0.0219. The molecule has 3 aromatic rings. The molecule has 1 aliphatic rings. The molecule has 5 nitrogen and oxygen atoms in total. The van der Waals surface area contributed by atoms with Gasteiger partial charge in [0.2, 0.25) is 0 Å². The second-order valence-corrected chi connectivity index (χ2v) is 6.92. The molecule has 5 heteroatoms. The molecule has 0 aliphatic carbocycles. The summed E-state index contributed by atoms with van der Waals surface area (Å²) < 4.78 is 10.7. The van der Waals surface area contributed by atoms with E-state index in [4.69, 9.17) is 9.47 Å². The summed E-state index contributed by atoms with van der Waals surface area (Å²) in [6.45, 7) is 1.57. The third kappa shape index (κ3) is 4.25. The number of nitrogens with zero attached hydrogens (tertiary/aromatic N) is 1. The minimum Gasteiger partial charge on any atom is -0.491 e. The van der Waals surface area contributed by atoms with Gasteiger partial charge in [-0.05, 0) is 35.4 Å². The van der Waals surface area contributed by atoms with Crippen molar-refractivity contribution in [1.29, 1.82) is 0 Å². The molecule has 0 saturated carbocycles. The first-order valence-electron chi connectivity index (χ1n) is 9.68. The summed E-state index contributed by atoms with van der Waals surface area (Å²) in [5.74, 6) is 0.802. The molecule has 0 spiro atoms. The van der Waals surface area contributed by atoms with E-state index in [9.17, 15) is 4.79 Å². The van der Waals surface area contributed by atoms with Crippen molar-refractivity contribution in [1.82, 2.24) is 4.90 Å². The number of carbonyl (C=O) groups is 1. The van der Waals surface area contributed by atoms with Gasteiger partial charge in [-0.15, -0.1) is 0 Å². The van der Waals surface area contributed by atoms with E-state index in [-0.39, 0.29) is 12.1 Å². The average Bonchev–Trinajstić information content (AvgIpc) is 2.77. The summed E-state index contributed by atoms with van der Waals surface area (Å²) >= 11 is 0. The zero-order valence-electron chi connectivity index (χ0n) is 16.4. The van der Waals surface area contributed by atoms with Gasteiger partial charge < -0.3 is 19.7 Å². The maximum Gasteiger partial charge on any atom is 0.258 e. The van der Waals surface area contributed by atoms with Gasteiger partial charge in [0.25, 0.3) is 5.91 Å². The fraction of sp³-hybridized carbons (Fsp3) is 0.208. The summed E-state index contributed by atoms with van der Waals surface area (Å²) in [7, 11) is 1.65. The maximum atomic E-state index is 13.3. The lowest BCUT2D eigenvalue weighted by molar-refractivity contribution is 0.0666. The van der Waals surface area contributed by atoms with Gasteiger partial charge in [-0.3, -0.25) is 4.79 Å². The van der Waals surface area contributed by atoms with Crippen molar-refractivity contribution in [3.05, 3.63) is 95.6 Å². The zero-order chi connectivity index (χ0) is 20.1. The number of fused-ring (bicyclic) bond motifs is 1. The van der Waals surface area contributed by atoms with Crippen LogP contribution in [0.1, 0.15) is 27.7 Å². The van der Waals surface area contributed by atoms with Crippen molar-refractivity contribution in [2.45, 2.75) is 12.7 Å². The summed E-state index contributed by atoms with van der Waals surface area (Å²) in [5, 5.41) is 3.53. The fourth-order valence-corrected chi connectivity index (χ4v) is 3.49. The van der Waals surface area contributed by atoms with E-state index in [1.165, 1.54) is 0 Å². The Kier molecular flexibility index (Phi) is 5.77. The number of benzene rings is 3. The highest BCUT2D eigenvalue weighted by Gasteiger charge is 2.32. The maximum absolute atomic E-state index is 13.3. The lowest BCUT2D eigenvalue weighted by Crippen LogP contribution is -2.42. The van der Waals surface area contributed by atoms with Crippen LogP contribution in [-0.4, -0.2) is 31.1 Å². The number of rotatable bonds is 7. The van der Waals surface area contributed by atoms with Gasteiger partial charge in [0.15, 0.2) is 0 Å². The Hall–Kier alpha value is -3.31. The highest BCUT2D eigenvalue weighted by Crippen LogP contribution is 2.34. The van der Waals surface area contributed by atoms with Crippen molar-refractivity contribution in [2.24, 2.45) is 0 Å². The van der Waals surface area contributed by atoms with Crippen LogP contribution in [0.25, 0.3) is 0 Å². The van der Waals surface area contributed by atoms with Gasteiger partial charge in [-0.1, -0.05) is 54.6 Å². The lowest BCUT2D eigenvalue weighted by Gasteiger charge is -2.38. The SMILES string of the molecule is COCCOc1ccc(C2Nc3ccccc3C(=O)N2Cc2ccccc2)cc1. The molecular weight excluding hydrogens is 364 g/mol. The number of ether oxygens (including phenoxy) is 2. The third-order valence-corrected chi connectivity index (χ3v) is 4.97. The number of para-hydroxylation sites is 1. The molecule has 1 unspecified atom stereocenters. The van der Waals surface area contributed by atoms with Gasteiger partial charge in [-0.25, -0.2) is 0 Å². The zero-order valence-corrected chi connectivity index (χ0v) is 16.4. The Morgan fingerprint density at radius 3 is 2.38 bits per heavy atom. The number of nitrogens with one attached hydrogen (secondary N) is 1. The average molecular weight is 388 g/mol. The Balaban J connectivity index is 1.62. The number of carbonyl (C=O) groups excluding carboxylic acids is 1. The monoisotopic (exact) mass is 388 g/mol. The molecule has 0 aromatic heterocycles. The predicted octanol–water partition coefficient (Wildman–Crippen LogP) is 4.48. The number of hydrogen-bond donors (Lipinski definition) is 1. The molecular formula is C24H24N2O3. The Bertz CT molecular complexity index is 957. The number of amides is 1. The number of methoxy groups -OCH3 is 1. The molecule has 0 radical (unpaired) electrons. The smallest absolute Gasteiger partial charge is 0.258 e. The quantitative estimate of drug-likeness (QED) is 0.607. The van der Waals surface area contributed by atoms with E-state index in [1.54, 1.807) is 7.11 Å². The van der Waals surface area contributed by atoms with Crippen molar-refractivity contribution >= 4 is 11.6 Å². The van der Waals surface area contributed by atoms with Crippen LogP contribution in [0.2, 0.25) is 0 Å². The van der Waals surface area contributed by atoms with Crippen molar-refractivity contribution in [2.75, 3.05) is 25.6 Å². The molecule has 3 aromatic carbocycles. The molecule has 1 atom stereocenters.